The molecule has 2 fully saturated rings. The Labute approximate surface area is 152 Å². The second-order valence-corrected chi connectivity index (χ2v) is 9.73. The van der Waals surface area contributed by atoms with E-state index in [1.54, 1.807) is 11.2 Å². The number of ether oxygens (including phenoxy) is 1. The Hall–Kier alpha value is -0.700. The molecule has 25 heavy (non-hydrogen) atoms. The number of carbonyl (C=O) groups is 1. The van der Waals surface area contributed by atoms with Crippen LogP contribution in [-0.2, 0) is 19.6 Å². The lowest BCUT2D eigenvalue weighted by atomic mass is 9.75. The van der Waals surface area contributed by atoms with Gasteiger partial charge in [0.2, 0.25) is 10.0 Å². The minimum absolute atomic E-state index is 0.00228. The molecule has 7 nitrogen and oxygen atoms in total. The van der Waals surface area contributed by atoms with Crippen molar-refractivity contribution >= 4 is 16.0 Å². The van der Waals surface area contributed by atoms with E-state index < -0.39 is 15.4 Å². The van der Waals surface area contributed by atoms with E-state index in [0.29, 0.717) is 39.1 Å². The lowest BCUT2D eigenvalue weighted by molar-refractivity contribution is -0.157. The van der Waals surface area contributed by atoms with Crippen molar-refractivity contribution in [3.8, 4) is 0 Å². The van der Waals surface area contributed by atoms with E-state index in [1.165, 1.54) is 0 Å². The SMILES string of the molecule is CCOC(=O)[C@]12CCCN(S(=O)(=O)CC)C[C@H]1CN(CCN(C)C)C2. The van der Waals surface area contributed by atoms with Gasteiger partial charge in [-0.1, -0.05) is 0 Å². The van der Waals surface area contributed by atoms with E-state index in [9.17, 15) is 13.2 Å². The van der Waals surface area contributed by atoms with E-state index >= 15 is 0 Å². The van der Waals surface area contributed by atoms with E-state index in [1.807, 2.05) is 21.0 Å². The smallest absolute Gasteiger partial charge is 0.313 e. The van der Waals surface area contributed by atoms with E-state index in [2.05, 4.69) is 9.80 Å². The predicted octanol–water partition coefficient (Wildman–Crippen LogP) is 0.475. The third kappa shape index (κ3) is 4.53. The summed E-state index contributed by atoms with van der Waals surface area (Å²) in [6.07, 6.45) is 1.40. The summed E-state index contributed by atoms with van der Waals surface area (Å²) in [7, 11) is 0.828. The van der Waals surface area contributed by atoms with Crippen LogP contribution in [0.5, 0.6) is 0 Å². The van der Waals surface area contributed by atoms with Gasteiger partial charge in [-0.05, 0) is 40.8 Å². The summed E-state index contributed by atoms with van der Waals surface area (Å²) >= 11 is 0. The monoisotopic (exact) mass is 375 g/mol. The predicted molar refractivity (Wildman–Crippen MR) is 97.8 cm³/mol. The van der Waals surface area contributed by atoms with Crippen molar-refractivity contribution in [2.75, 3.05) is 65.7 Å². The molecule has 0 amide bonds. The fraction of sp³-hybridized carbons (Fsp3) is 0.941. The van der Waals surface area contributed by atoms with Crippen molar-refractivity contribution in [2.45, 2.75) is 26.7 Å². The average Bonchev–Trinajstić information content (AvgIpc) is 2.80. The number of carbonyl (C=O) groups excluding carboxylic acids is 1. The zero-order valence-electron chi connectivity index (χ0n) is 16.0. The number of likely N-dealkylation sites (N-methyl/N-ethyl adjacent to an activating group) is 1. The first kappa shape index (κ1) is 20.6. The molecule has 0 spiro atoms. The average molecular weight is 376 g/mol. The normalized spacial score (nSPS) is 28.8. The standard InChI is InChI=1S/C17H33N3O4S/c1-5-24-16(21)17-8-7-9-20(25(22,23)6-2)13-15(17)12-19(14-17)11-10-18(3)4/h15H,5-14H2,1-4H3/t15-,17+/m1/s1. The molecule has 2 saturated heterocycles. The maximum absolute atomic E-state index is 12.8. The van der Waals surface area contributed by atoms with Crippen LogP contribution < -0.4 is 0 Å². The summed E-state index contributed by atoms with van der Waals surface area (Å²) in [4.78, 5) is 17.3. The van der Waals surface area contributed by atoms with Gasteiger partial charge >= 0.3 is 5.97 Å². The second kappa shape index (κ2) is 8.33. The first-order chi connectivity index (χ1) is 11.7. The number of hydrogen-bond acceptors (Lipinski definition) is 6. The Morgan fingerprint density at radius 2 is 2.00 bits per heavy atom. The largest absolute Gasteiger partial charge is 0.466 e. The minimum Gasteiger partial charge on any atom is -0.466 e. The van der Waals surface area contributed by atoms with Crippen LogP contribution in [0.2, 0.25) is 0 Å². The minimum atomic E-state index is -3.24. The fourth-order valence-corrected chi connectivity index (χ4v) is 5.24. The van der Waals surface area contributed by atoms with Gasteiger partial charge in [0, 0.05) is 45.2 Å². The van der Waals surface area contributed by atoms with Gasteiger partial charge in [-0.2, -0.15) is 0 Å². The number of likely N-dealkylation sites (tertiary alicyclic amines) is 1. The molecular formula is C17H33N3O4S. The number of rotatable bonds is 7. The van der Waals surface area contributed by atoms with Crippen LogP contribution in [0.3, 0.4) is 0 Å². The molecule has 2 heterocycles. The maximum Gasteiger partial charge on any atom is 0.313 e. The fourth-order valence-electron chi connectivity index (χ4n) is 4.06. The van der Waals surface area contributed by atoms with Gasteiger partial charge in [0.05, 0.1) is 17.8 Å². The van der Waals surface area contributed by atoms with Gasteiger partial charge in [-0.25, -0.2) is 12.7 Å². The molecule has 0 unspecified atom stereocenters. The molecule has 8 heteroatoms. The summed E-state index contributed by atoms with van der Waals surface area (Å²) < 4.78 is 31.8. The Kier molecular flexibility index (Phi) is 6.87. The van der Waals surface area contributed by atoms with Crippen molar-refractivity contribution in [1.29, 1.82) is 0 Å². The second-order valence-electron chi connectivity index (χ2n) is 7.47. The molecule has 0 aliphatic carbocycles. The molecule has 0 radical (unpaired) electrons. The summed E-state index contributed by atoms with van der Waals surface area (Å²) in [6.45, 7) is 8.02. The number of fused-ring (bicyclic) bond motifs is 1. The van der Waals surface area contributed by atoms with Gasteiger partial charge in [0.1, 0.15) is 0 Å². The number of hydrogen-bond donors (Lipinski definition) is 0. The summed E-state index contributed by atoms with van der Waals surface area (Å²) in [5, 5.41) is 0. The lowest BCUT2D eigenvalue weighted by Crippen LogP contribution is -2.43. The van der Waals surface area contributed by atoms with Crippen molar-refractivity contribution in [3.05, 3.63) is 0 Å². The molecule has 2 aliphatic rings. The number of sulfonamides is 1. The Morgan fingerprint density at radius 1 is 1.28 bits per heavy atom. The van der Waals surface area contributed by atoms with Crippen molar-refractivity contribution < 1.29 is 17.9 Å². The van der Waals surface area contributed by atoms with Crippen LogP contribution in [0.1, 0.15) is 26.7 Å². The highest BCUT2D eigenvalue weighted by Crippen LogP contribution is 2.44. The maximum atomic E-state index is 12.8. The van der Waals surface area contributed by atoms with Crippen LogP contribution >= 0.6 is 0 Å². The van der Waals surface area contributed by atoms with E-state index in [4.69, 9.17) is 4.74 Å². The third-order valence-electron chi connectivity index (χ3n) is 5.52. The molecule has 0 aromatic heterocycles. The molecule has 0 aromatic carbocycles. The highest BCUT2D eigenvalue weighted by atomic mass is 32.2. The highest BCUT2D eigenvalue weighted by Gasteiger charge is 2.54. The topological polar surface area (TPSA) is 70.2 Å². The van der Waals surface area contributed by atoms with Crippen LogP contribution in [0.15, 0.2) is 0 Å². The van der Waals surface area contributed by atoms with Crippen LogP contribution in [0.4, 0.5) is 0 Å². The molecule has 0 N–H and O–H groups in total. The summed E-state index contributed by atoms with van der Waals surface area (Å²) in [5.41, 5.74) is -0.569. The molecule has 2 rings (SSSR count). The Bertz CT molecular complexity index is 566. The van der Waals surface area contributed by atoms with Crippen LogP contribution in [0.25, 0.3) is 0 Å². The van der Waals surface area contributed by atoms with Gasteiger partial charge in [-0.15, -0.1) is 0 Å². The van der Waals surface area contributed by atoms with Gasteiger partial charge < -0.3 is 14.5 Å². The highest BCUT2D eigenvalue weighted by molar-refractivity contribution is 7.89. The molecule has 2 aliphatic heterocycles. The lowest BCUT2D eigenvalue weighted by Gasteiger charge is -2.31. The molecule has 0 saturated carbocycles. The Morgan fingerprint density at radius 3 is 2.60 bits per heavy atom. The van der Waals surface area contributed by atoms with E-state index in [0.717, 1.165) is 19.6 Å². The van der Waals surface area contributed by atoms with Crippen LogP contribution in [0, 0.1) is 11.3 Å². The molecule has 0 bridgehead atoms. The number of esters is 1. The Balaban J connectivity index is 2.24. The first-order valence-corrected chi connectivity index (χ1v) is 10.9. The molecule has 146 valence electrons. The van der Waals surface area contributed by atoms with Gasteiger partial charge in [0.25, 0.3) is 0 Å². The van der Waals surface area contributed by atoms with Crippen molar-refractivity contribution in [2.24, 2.45) is 11.3 Å². The quantitative estimate of drug-likeness (QED) is 0.603. The van der Waals surface area contributed by atoms with Crippen LogP contribution in [-0.4, -0.2) is 94.2 Å². The van der Waals surface area contributed by atoms with Gasteiger partial charge in [-0.3, -0.25) is 4.79 Å². The number of nitrogens with zero attached hydrogens (tertiary/aromatic N) is 3. The van der Waals surface area contributed by atoms with Crippen molar-refractivity contribution in [3.63, 3.8) is 0 Å². The molecule has 0 aromatic rings. The summed E-state index contributed by atoms with van der Waals surface area (Å²) in [5.74, 6) is -0.0446. The third-order valence-corrected chi connectivity index (χ3v) is 7.37. The van der Waals surface area contributed by atoms with E-state index in [-0.39, 0.29) is 17.6 Å². The zero-order chi connectivity index (χ0) is 18.7. The zero-order valence-corrected chi connectivity index (χ0v) is 16.8. The summed E-state index contributed by atoms with van der Waals surface area (Å²) in [6, 6.07) is 0. The molecular weight excluding hydrogens is 342 g/mol. The van der Waals surface area contributed by atoms with Crippen molar-refractivity contribution in [1.82, 2.24) is 14.1 Å². The first-order valence-electron chi connectivity index (χ1n) is 9.27. The molecule has 2 atom stereocenters. The van der Waals surface area contributed by atoms with Gasteiger partial charge in [0.15, 0.2) is 0 Å².